The Bertz CT molecular complexity index is 940. The summed E-state index contributed by atoms with van der Waals surface area (Å²) in [6.07, 6.45) is 2.76. The van der Waals surface area contributed by atoms with Crippen molar-refractivity contribution < 1.29 is 29.0 Å². The van der Waals surface area contributed by atoms with E-state index < -0.39 is 17.0 Å². The summed E-state index contributed by atoms with van der Waals surface area (Å²) < 4.78 is 9.98. The Morgan fingerprint density at radius 3 is 2.34 bits per heavy atom. The minimum Gasteiger partial charge on any atom is -0.460 e. The monoisotopic (exact) mass is 401 g/mol. The molecule has 0 saturated carbocycles. The third kappa shape index (κ3) is 6.69. The normalized spacial score (nSPS) is 10.6. The zero-order chi connectivity index (χ0) is 21.4. The fourth-order valence-electron chi connectivity index (χ4n) is 2.18. The Balaban J connectivity index is 1.90. The van der Waals surface area contributed by atoms with Gasteiger partial charge in [0.2, 0.25) is 0 Å². The van der Waals surface area contributed by atoms with E-state index in [1.807, 2.05) is 13.8 Å². The van der Waals surface area contributed by atoms with Crippen molar-refractivity contribution in [2.75, 3.05) is 13.2 Å². The van der Waals surface area contributed by atoms with Crippen LogP contribution in [0.4, 0.5) is 0 Å². The van der Waals surface area contributed by atoms with Crippen LogP contribution in [0.1, 0.15) is 33.1 Å². The van der Waals surface area contributed by atoms with Crippen LogP contribution >= 0.6 is 0 Å². The smallest absolute Gasteiger partial charge is 0.338 e. The number of benzene rings is 1. The first-order chi connectivity index (χ1) is 13.8. The maximum Gasteiger partial charge on any atom is 0.338 e. The van der Waals surface area contributed by atoms with Crippen LogP contribution in [0.2, 0.25) is 0 Å². The van der Waals surface area contributed by atoms with E-state index in [1.165, 1.54) is 36.4 Å². The van der Waals surface area contributed by atoms with Gasteiger partial charge in [-0.25, -0.2) is 14.6 Å². The van der Waals surface area contributed by atoms with Gasteiger partial charge >= 0.3 is 11.9 Å². The predicted octanol–water partition coefficient (Wildman–Crippen LogP) is 2.39. The lowest BCUT2D eigenvalue weighted by Crippen LogP contribution is -2.13. The number of ether oxygens (including phenoxy) is 2. The van der Waals surface area contributed by atoms with E-state index in [2.05, 4.69) is 14.8 Å². The van der Waals surface area contributed by atoms with Crippen LogP contribution in [0.15, 0.2) is 30.3 Å². The minimum absolute atomic E-state index is 0.197. The molecule has 10 nitrogen and oxygen atoms in total. The topological polar surface area (TPSA) is 131 Å². The molecule has 0 saturated heterocycles. The lowest BCUT2D eigenvalue weighted by molar-refractivity contribution is -0.757. The summed E-state index contributed by atoms with van der Waals surface area (Å²) in [5, 5.41) is 9.03. The zero-order valence-corrected chi connectivity index (χ0v) is 16.1. The summed E-state index contributed by atoms with van der Waals surface area (Å²) in [7, 11) is 0. The molecule has 0 spiro atoms. The van der Waals surface area contributed by atoms with Gasteiger partial charge in [-0.1, -0.05) is 0 Å². The third-order valence-corrected chi connectivity index (χ3v) is 3.72. The van der Waals surface area contributed by atoms with Gasteiger partial charge in [0.25, 0.3) is 5.09 Å². The quantitative estimate of drug-likeness (QED) is 0.163. The van der Waals surface area contributed by atoms with Gasteiger partial charge in [-0.05, 0) is 51.1 Å². The van der Waals surface area contributed by atoms with E-state index in [0.717, 1.165) is 11.4 Å². The van der Waals surface area contributed by atoms with E-state index in [9.17, 15) is 19.7 Å². The number of carbonyl (C=O) groups is 2. The van der Waals surface area contributed by atoms with Crippen molar-refractivity contribution in [3.63, 3.8) is 0 Å². The van der Waals surface area contributed by atoms with Crippen molar-refractivity contribution in [1.29, 1.82) is 0 Å². The first-order valence-corrected chi connectivity index (χ1v) is 8.52. The van der Waals surface area contributed by atoms with Crippen molar-refractivity contribution in [3.8, 4) is 5.75 Å². The van der Waals surface area contributed by atoms with Crippen molar-refractivity contribution in [2.45, 2.75) is 20.8 Å². The molecule has 0 N–H and O–H groups in total. The molecule has 0 atom stereocenters. The van der Waals surface area contributed by atoms with E-state index in [4.69, 9.17) is 9.47 Å². The van der Waals surface area contributed by atoms with E-state index >= 15 is 0 Å². The molecule has 0 fully saturated rings. The highest BCUT2D eigenvalue weighted by Crippen LogP contribution is 2.14. The predicted molar refractivity (Wildman–Crippen MR) is 101 cm³/mol. The first kappa shape index (κ1) is 21.5. The molecule has 1 aromatic carbocycles. The minimum atomic E-state index is -0.973. The molecule has 152 valence electrons. The summed E-state index contributed by atoms with van der Waals surface area (Å²) in [6, 6.07) is 5.66. The Kier molecular flexibility index (Phi) is 7.35. The lowest BCUT2D eigenvalue weighted by atomic mass is 10.2. The van der Waals surface area contributed by atoms with Crippen molar-refractivity contribution in [2.24, 2.45) is 0 Å². The number of esters is 2. The number of hydrogen-bond donors (Lipinski definition) is 0. The fraction of sp³-hybridized carbons (Fsp3) is 0.263. The SMILES string of the molecule is Cc1nc(C)c(/C=C/C(=O)Oc2ccc(C(=O)OCCO[N+](=O)[O-])cc2)nc1C. The summed E-state index contributed by atoms with van der Waals surface area (Å²) in [5.74, 6) is -1.06. The molecule has 29 heavy (non-hydrogen) atoms. The highest BCUT2D eigenvalue weighted by atomic mass is 17.0. The molecule has 0 radical (unpaired) electrons. The zero-order valence-electron chi connectivity index (χ0n) is 16.1. The van der Waals surface area contributed by atoms with Crippen LogP contribution in [0, 0.1) is 30.9 Å². The Morgan fingerprint density at radius 1 is 1.03 bits per heavy atom. The summed E-state index contributed by atoms with van der Waals surface area (Å²) >= 11 is 0. The molecule has 0 aliphatic heterocycles. The number of nitrogens with zero attached hydrogens (tertiary/aromatic N) is 3. The van der Waals surface area contributed by atoms with Gasteiger partial charge in [-0.2, -0.15) is 0 Å². The second kappa shape index (κ2) is 9.93. The van der Waals surface area contributed by atoms with Gasteiger partial charge in [-0.15, -0.1) is 10.1 Å². The molecule has 1 heterocycles. The number of carbonyl (C=O) groups excluding carboxylic acids is 2. The average molecular weight is 401 g/mol. The molecule has 0 unspecified atom stereocenters. The number of aryl methyl sites for hydroxylation is 3. The average Bonchev–Trinajstić information content (AvgIpc) is 2.67. The molecule has 0 bridgehead atoms. The van der Waals surface area contributed by atoms with Crippen molar-refractivity contribution >= 4 is 18.0 Å². The molecular weight excluding hydrogens is 382 g/mol. The van der Waals surface area contributed by atoms with Crippen LogP contribution in [0.3, 0.4) is 0 Å². The Morgan fingerprint density at radius 2 is 1.69 bits per heavy atom. The van der Waals surface area contributed by atoms with E-state index in [-0.39, 0.29) is 24.5 Å². The second-order valence-electron chi connectivity index (χ2n) is 5.84. The summed E-state index contributed by atoms with van der Waals surface area (Å²) in [4.78, 5) is 46.5. The largest absolute Gasteiger partial charge is 0.460 e. The van der Waals surface area contributed by atoms with Gasteiger partial charge in [0, 0.05) is 6.08 Å². The number of aromatic nitrogens is 2. The van der Waals surface area contributed by atoms with Crippen LogP contribution in [0.25, 0.3) is 6.08 Å². The maximum absolute atomic E-state index is 12.0. The van der Waals surface area contributed by atoms with Gasteiger partial charge in [0.15, 0.2) is 0 Å². The summed E-state index contributed by atoms with van der Waals surface area (Å²) in [5.41, 5.74) is 3.07. The van der Waals surface area contributed by atoms with Crippen molar-refractivity contribution in [1.82, 2.24) is 9.97 Å². The number of rotatable bonds is 8. The standard InChI is InChI=1S/C19H19N3O7/c1-12-13(2)21-17(14(3)20-12)8-9-18(23)29-16-6-4-15(5-7-16)19(24)27-10-11-28-22(25)26/h4-9H,10-11H2,1-3H3/b9-8+. The molecular formula is C19H19N3O7. The summed E-state index contributed by atoms with van der Waals surface area (Å²) in [6.45, 7) is 4.87. The van der Waals surface area contributed by atoms with Crippen LogP contribution in [-0.2, 0) is 14.4 Å². The van der Waals surface area contributed by atoms with Crippen LogP contribution in [-0.4, -0.2) is 40.2 Å². The van der Waals surface area contributed by atoms with E-state index in [0.29, 0.717) is 11.4 Å². The Hall–Kier alpha value is -3.82. The molecule has 2 rings (SSSR count). The molecule has 2 aromatic rings. The lowest BCUT2D eigenvalue weighted by Gasteiger charge is -2.06. The Labute approximate surface area is 166 Å². The van der Waals surface area contributed by atoms with Crippen LogP contribution < -0.4 is 4.74 Å². The van der Waals surface area contributed by atoms with Gasteiger partial charge < -0.3 is 14.3 Å². The van der Waals surface area contributed by atoms with Gasteiger partial charge in [0.1, 0.15) is 19.0 Å². The highest BCUT2D eigenvalue weighted by Gasteiger charge is 2.09. The number of hydrogen-bond acceptors (Lipinski definition) is 9. The molecule has 0 aliphatic rings. The first-order valence-electron chi connectivity index (χ1n) is 8.52. The molecule has 0 amide bonds. The molecule has 1 aromatic heterocycles. The van der Waals surface area contributed by atoms with Gasteiger partial charge in [0.05, 0.1) is 28.3 Å². The molecule has 0 aliphatic carbocycles. The van der Waals surface area contributed by atoms with Gasteiger partial charge in [-0.3, -0.25) is 4.98 Å². The fourth-order valence-corrected chi connectivity index (χ4v) is 2.18. The highest BCUT2D eigenvalue weighted by molar-refractivity contribution is 5.90. The third-order valence-electron chi connectivity index (χ3n) is 3.72. The second-order valence-corrected chi connectivity index (χ2v) is 5.84. The molecule has 10 heteroatoms. The van der Waals surface area contributed by atoms with Crippen molar-refractivity contribution in [3.05, 3.63) is 68.8 Å². The maximum atomic E-state index is 12.0. The van der Waals surface area contributed by atoms with Crippen LogP contribution in [0.5, 0.6) is 5.75 Å². The van der Waals surface area contributed by atoms with E-state index in [1.54, 1.807) is 6.92 Å².